The molecule has 1 aromatic heterocycles. The quantitative estimate of drug-likeness (QED) is 0.922. The monoisotopic (exact) mass is 314 g/mol. The molecule has 5 nitrogen and oxygen atoms in total. The molecule has 1 atom stereocenters. The number of carbonyl (C=O) groups excluding carboxylic acids is 1. The lowest BCUT2D eigenvalue weighted by Crippen LogP contribution is -2.50. The Bertz CT molecular complexity index is 600. The molecule has 4 rings (SSSR count). The van der Waals surface area contributed by atoms with Gasteiger partial charge in [-0.3, -0.25) is 9.69 Å². The summed E-state index contributed by atoms with van der Waals surface area (Å²) in [7, 11) is 0. The van der Waals surface area contributed by atoms with Crippen molar-refractivity contribution in [3.05, 3.63) is 23.9 Å². The third-order valence-electron chi connectivity index (χ3n) is 5.75. The standard InChI is InChI=1S/C18H26N4O/c19-16-15(3-1-8-20-16)12-21-10-7-18(13-21)6-2-9-22(17(18)23)11-14-4-5-14/h1,3,8,14H,2,4-7,9-13H2,(H2,19,20)/t18-/m0/s1. The Labute approximate surface area is 137 Å². The van der Waals surface area contributed by atoms with E-state index < -0.39 is 0 Å². The maximum Gasteiger partial charge on any atom is 0.230 e. The fraction of sp³-hybridized carbons (Fsp3) is 0.667. The molecule has 1 spiro atoms. The molecule has 1 aliphatic carbocycles. The second-order valence-electron chi connectivity index (χ2n) is 7.59. The molecule has 2 aliphatic heterocycles. The van der Waals surface area contributed by atoms with E-state index in [1.807, 2.05) is 12.1 Å². The first-order valence-electron chi connectivity index (χ1n) is 8.87. The summed E-state index contributed by atoms with van der Waals surface area (Å²) in [5.74, 6) is 1.80. The maximum absolute atomic E-state index is 13.0. The summed E-state index contributed by atoms with van der Waals surface area (Å²) in [6.45, 7) is 4.62. The van der Waals surface area contributed by atoms with Crippen LogP contribution in [0.4, 0.5) is 5.82 Å². The molecule has 0 aromatic carbocycles. The average Bonchev–Trinajstić information content (AvgIpc) is 3.27. The van der Waals surface area contributed by atoms with E-state index in [1.165, 1.54) is 12.8 Å². The number of anilines is 1. The largest absolute Gasteiger partial charge is 0.383 e. The van der Waals surface area contributed by atoms with Crippen LogP contribution < -0.4 is 5.73 Å². The number of nitrogens with zero attached hydrogens (tertiary/aromatic N) is 3. The van der Waals surface area contributed by atoms with Crippen molar-refractivity contribution in [3.8, 4) is 0 Å². The molecule has 3 fully saturated rings. The molecule has 23 heavy (non-hydrogen) atoms. The molecule has 2 N–H and O–H groups in total. The number of hydrogen-bond acceptors (Lipinski definition) is 4. The van der Waals surface area contributed by atoms with E-state index in [2.05, 4.69) is 14.8 Å². The molecule has 0 unspecified atom stereocenters. The Morgan fingerprint density at radius 2 is 2.17 bits per heavy atom. The Hall–Kier alpha value is -1.62. The number of likely N-dealkylation sites (tertiary alicyclic amines) is 2. The highest BCUT2D eigenvalue weighted by atomic mass is 16.2. The number of pyridine rings is 1. The number of hydrogen-bond donors (Lipinski definition) is 1. The molecule has 1 aromatic rings. The molecular formula is C18H26N4O. The molecular weight excluding hydrogens is 288 g/mol. The number of amides is 1. The number of carbonyl (C=O) groups is 1. The van der Waals surface area contributed by atoms with E-state index in [4.69, 9.17) is 5.73 Å². The van der Waals surface area contributed by atoms with Gasteiger partial charge in [0.25, 0.3) is 0 Å². The van der Waals surface area contributed by atoms with Gasteiger partial charge in [-0.1, -0.05) is 6.07 Å². The van der Waals surface area contributed by atoms with Crippen LogP contribution in [0.2, 0.25) is 0 Å². The van der Waals surface area contributed by atoms with E-state index >= 15 is 0 Å². The summed E-state index contributed by atoms with van der Waals surface area (Å²) in [5.41, 5.74) is 6.90. The van der Waals surface area contributed by atoms with Crippen LogP contribution in [0.15, 0.2) is 18.3 Å². The summed E-state index contributed by atoms with van der Waals surface area (Å²) >= 11 is 0. The summed E-state index contributed by atoms with van der Waals surface area (Å²) in [4.78, 5) is 21.7. The summed E-state index contributed by atoms with van der Waals surface area (Å²) in [6.07, 6.45) is 7.54. The second kappa shape index (κ2) is 5.78. The predicted octanol–water partition coefficient (Wildman–Crippen LogP) is 1.89. The van der Waals surface area contributed by atoms with Crippen LogP contribution in [0.5, 0.6) is 0 Å². The minimum Gasteiger partial charge on any atom is -0.383 e. The first-order valence-corrected chi connectivity index (χ1v) is 8.87. The fourth-order valence-corrected chi connectivity index (χ4v) is 4.24. The third-order valence-corrected chi connectivity index (χ3v) is 5.75. The number of nitrogens with two attached hydrogens (primary N) is 1. The molecule has 5 heteroatoms. The highest BCUT2D eigenvalue weighted by Crippen LogP contribution is 2.42. The van der Waals surface area contributed by atoms with Gasteiger partial charge in [0.15, 0.2) is 0 Å². The van der Waals surface area contributed by atoms with Gasteiger partial charge in [0, 0.05) is 37.9 Å². The fourth-order valence-electron chi connectivity index (χ4n) is 4.24. The normalized spacial score (nSPS) is 28.7. The summed E-state index contributed by atoms with van der Waals surface area (Å²) in [6, 6.07) is 3.97. The zero-order valence-electron chi connectivity index (χ0n) is 13.7. The lowest BCUT2D eigenvalue weighted by Gasteiger charge is -2.39. The zero-order chi connectivity index (χ0) is 15.9. The van der Waals surface area contributed by atoms with Crippen molar-refractivity contribution in [1.29, 1.82) is 0 Å². The Balaban J connectivity index is 1.43. The zero-order valence-corrected chi connectivity index (χ0v) is 13.7. The Kier molecular flexibility index (Phi) is 3.76. The van der Waals surface area contributed by atoms with Crippen LogP contribution >= 0.6 is 0 Å². The van der Waals surface area contributed by atoms with Gasteiger partial charge in [-0.25, -0.2) is 4.98 Å². The van der Waals surface area contributed by atoms with Crippen LogP contribution in [0, 0.1) is 11.3 Å². The first-order chi connectivity index (χ1) is 11.2. The van der Waals surface area contributed by atoms with Gasteiger partial charge in [-0.15, -0.1) is 0 Å². The lowest BCUT2D eigenvalue weighted by molar-refractivity contribution is -0.145. The predicted molar refractivity (Wildman–Crippen MR) is 89.5 cm³/mol. The lowest BCUT2D eigenvalue weighted by atomic mass is 9.78. The highest BCUT2D eigenvalue weighted by Gasteiger charge is 2.48. The Morgan fingerprint density at radius 3 is 2.96 bits per heavy atom. The molecule has 124 valence electrons. The van der Waals surface area contributed by atoms with Crippen molar-refractivity contribution in [1.82, 2.24) is 14.8 Å². The van der Waals surface area contributed by atoms with Crippen LogP contribution in [-0.4, -0.2) is 46.9 Å². The van der Waals surface area contributed by atoms with E-state index in [0.717, 1.165) is 63.5 Å². The topological polar surface area (TPSA) is 62.5 Å². The minimum absolute atomic E-state index is 0.135. The van der Waals surface area contributed by atoms with Gasteiger partial charge in [0.1, 0.15) is 5.82 Å². The molecule has 2 saturated heterocycles. The van der Waals surface area contributed by atoms with E-state index in [1.54, 1.807) is 6.20 Å². The second-order valence-corrected chi connectivity index (χ2v) is 7.59. The molecule has 3 heterocycles. The number of piperidine rings is 1. The minimum atomic E-state index is -0.135. The SMILES string of the molecule is Nc1ncccc1CN1CC[C@@]2(CCCN(CC3CC3)C2=O)C1. The van der Waals surface area contributed by atoms with Gasteiger partial charge in [-0.2, -0.15) is 0 Å². The van der Waals surface area contributed by atoms with Crippen LogP contribution in [-0.2, 0) is 11.3 Å². The van der Waals surface area contributed by atoms with E-state index in [-0.39, 0.29) is 5.41 Å². The van der Waals surface area contributed by atoms with Gasteiger partial charge >= 0.3 is 0 Å². The average molecular weight is 314 g/mol. The van der Waals surface area contributed by atoms with Crippen molar-refractivity contribution in [2.75, 3.05) is 31.9 Å². The van der Waals surface area contributed by atoms with E-state index in [9.17, 15) is 4.79 Å². The number of aromatic nitrogens is 1. The molecule has 0 bridgehead atoms. The molecule has 3 aliphatic rings. The van der Waals surface area contributed by atoms with Gasteiger partial charge in [0.2, 0.25) is 5.91 Å². The van der Waals surface area contributed by atoms with Crippen molar-refractivity contribution in [2.45, 2.75) is 38.6 Å². The van der Waals surface area contributed by atoms with Crippen molar-refractivity contribution < 1.29 is 4.79 Å². The third kappa shape index (κ3) is 2.94. The summed E-state index contributed by atoms with van der Waals surface area (Å²) in [5, 5.41) is 0. The van der Waals surface area contributed by atoms with Crippen molar-refractivity contribution in [2.24, 2.45) is 11.3 Å². The smallest absolute Gasteiger partial charge is 0.230 e. The first kappa shape index (κ1) is 14.9. The molecule has 1 saturated carbocycles. The molecule has 0 radical (unpaired) electrons. The van der Waals surface area contributed by atoms with Crippen LogP contribution in [0.1, 0.15) is 37.7 Å². The Morgan fingerprint density at radius 1 is 1.30 bits per heavy atom. The van der Waals surface area contributed by atoms with Crippen LogP contribution in [0.3, 0.4) is 0 Å². The van der Waals surface area contributed by atoms with Gasteiger partial charge in [0.05, 0.1) is 5.41 Å². The van der Waals surface area contributed by atoms with Gasteiger partial charge in [-0.05, 0) is 50.6 Å². The summed E-state index contributed by atoms with van der Waals surface area (Å²) < 4.78 is 0. The highest BCUT2D eigenvalue weighted by molar-refractivity contribution is 5.84. The van der Waals surface area contributed by atoms with Crippen LogP contribution in [0.25, 0.3) is 0 Å². The van der Waals surface area contributed by atoms with Crippen molar-refractivity contribution in [3.63, 3.8) is 0 Å². The maximum atomic E-state index is 13.0. The van der Waals surface area contributed by atoms with Gasteiger partial charge < -0.3 is 10.6 Å². The van der Waals surface area contributed by atoms with E-state index in [0.29, 0.717) is 11.7 Å². The molecule has 1 amide bonds. The number of nitrogen functional groups attached to an aromatic ring is 1. The van der Waals surface area contributed by atoms with Crippen molar-refractivity contribution >= 4 is 11.7 Å². The number of rotatable bonds is 4.